The molecule has 2 atom stereocenters. The summed E-state index contributed by atoms with van der Waals surface area (Å²) < 4.78 is 14.2. The minimum Gasteiger partial charge on any atom is -0.349 e. The van der Waals surface area contributed by atoms with Crippen molar-refractivity contribution in [1.29, 1.82) is 0 Å². The number of pyridine rings is 1. The molecule has 6 nitrogen and oxygen atoms in total. The lowest BCUT2D eigenvalue weighted by atomic mass is 9.76. The number of hydrogen-bond donors (Lipinski definition) is 3. The number of H-pyrrole nitrogens is 1. The summed E-state index contributed by atoms with van der Waals surface area (Å²) >= 11 is 0. The summed E-state index contributed by atoms with van der Waals surface area (Å²) in [6.07, 6.45) is 5.39. The maximum absolute atomic E-state index is 14.2. The van der Waals surface area contributed by atoms with Gasteiger partial charge in [-0.15, -0.1) is 0 Å². The zero-order chi connectivity index (χ0) is 23.7. The summed E-state index contributed by atoms with van der Waals surface area (Å²) in [6.45, 7) is 1.94. The molecule has 2 aromatic carbocycles. The van der Waals surface area contributed by atoms with E-state index in [2.05, 4.69) is 20.5 Å². The van der Waals surface area contributed by atoms with Crippen LogP contribution >= 0.6 is 0 Å². The van der Waals surface area contributed by atoms with Gasteiger partial charge in [-0.2, -0.15) is 5.10 Å². The number of fused-ring (bicyclic) bond motifs is 1. The quantitative estimate of drug-likeness (QED) is 0.405. The fraction of sp³-hybridized carbons (Fsp3) is 0.296. The Hall–Kier alpha value is -3.58. The van der Waals surface area contributed by atoms with Gasteiger partial charge < -0.3 is 11.1 Å². The van der Waals surface area contributed by atoms with Crippen molar-refractivity contribution in [3.63, 3.8) is 0 Å². The highest BCUT2D eigenvalue weighted by Crippen LogP contribution is 2.31. The topological polar surface area (TPSA) is 96.7 Å². The third-order valence-electron chi connectivity index (χ3n) is 6.71. The van der Waals surface area contributed by atoms with E-state index in [1.54, 1.807) is 24.4 Å². The Morgan fingerprint density at radius 3 is 2.91 bits per heavy atom. The van der Waals surface area contributed by atoms with Crippen LogP contribution in [0.2, 0.25) is 0 Å². The minimum atomic E-state index is -0.542. The first-order valence-corrected chi connectivity index (χ1v) is 11.6. The molecular formula is C27H28FN5O. The largest absolute Gasteiger partial charge is 0.349 e. The zero-order valence-corrected chi connectivity index (χ0v) is 19.1. The second kappa shape index (κ2) is 8.99. The van der Waals surface area contributed by atoms with E-state index in [0.717, 1.165) is 47.1 Å². The molecule has 34 heavy (non-hydrogen) atoms. The van der Waals surface area contributed by atoms with Crippen LogP contribution in [0, 0.1) is 12.7 Å². The predicted molar refractivity (Wildman–Crippen MR) is 131 cm³/mol. The fourth-order valence-electron chi connectivity index (χ4n) is 5.04. The standard InChI is InChI=1S/C27H28FN5O/c1-17-13-18(10-12-30-17)25-22-14-19(8-9-24(22)32-33-25)26(34)31-21-6-4-11-27(29,16-21)15-20-5-2-3-7-23(20)28/h2-3,5,7-10,12-14,21H,4,6,11,15-16,29H2,1H3,(H,31,34)(H,32,33)/t21-,27-/m1/s1. The number of nitrogens with zero attached hydrogens (tertiary/aromatic N) is 2. The molecule has 2 heterocycles. The van der Waals surface area contributed by atoms with E-state index in [9.17, 15) is 9.18 Å². The van der Waals surface area contributed by atoms with Gasteiger partial charge in [-0.3, -0.25) is 14.9 Å². The Labute approximate surface area is 197 Å². The van der Waals surface area contributed by atoms with Gasteiger partial charge in [0, 0.05) is 40.0 Å². The fourth-order valence-corrected chi connectivity index (χ4v) is 5.04. The van der Waals surface area contributed by atoms with Crippen LogP contribution in [0.4, 0.5) is 4.39 Å². The van der Waals surface area contributed by atoms with Gasteiger partial charge in [0.25, 0.3) is 5.91 Å². The number of benzene rings is 2. The predicted octanol–water partition coefficient (Wildman–Crippen LogP) is 4.69. The summed E-state index contributed by atoms with van der Waals surface area (Å²) in [7, 11) is 0. The van der Waals surface area contributed by atoms with Crippen molar-refractivity contribution >= 4 is 16.8 Å². The van der Waals surface area contributed by atoms with Crippen LogP contribution in [0.3, 0.4) is 0 Å². The van der Waals surface area contributed by atoms with Crippen molar-refractivity contribution in [3.05, 3.63) is 83.4 Å². The zero-order valence-electron chi connectivity index (χ0n) is 19.1. The third kappa shape index (κ3) is 4.56. The molecule has 1 amide bonds. The molecule has 4 aromatic rings. The number of nitrogens with one attached hydrogen (secondary N) is 2. The number of carbonyl (C=O) groups excluding carboxylic acids is 1. The summed E-state index contributed by atoms with van der Waals surface area (Å²) in [4.78, 5) is 17.4. The number of halogens is 1. The van der Waals surface area contributed by atoms with Gasteiger partial charge in [0.2, 0.25) is 0 Å². The molecule has 4 N–H and O–H groups in total. The van der Waals surface area contributed by atoms with Crippen molar-refractivity contribution in [2.45, 2.75) is 50.6 Å². The van der Waals surface area contributed by atoms with Crippen molar-refractivity contribution in [3.8, 4) is 11.3 Å². The summed E-state index contributed by atoms with van der Waals surface area (Å²) in [5.41, 5.74) is 10.9. The molecule has 0 bridgehead atoms. The second-order valence-electron chi connectivity index (χ2n) is 9.42. The molecule has 174 valence electrons. The second-order valence-corrected chi connectivity index (χ2v) is 9.42. The van der Waals surface area contributed by atoms with Crippen molar-refractivity contribution in [2.24, 2.45) is 5.73 Å². The average molecular weight is 458 g/mol. The summed E-state index contributed by atoms with van der Waals surface area (Å²) in [5, 5.41) is 11.5. The maximum Gasteiger partial charge on any atom is 0.251 e. The Bertz CT molecular complexity index is 1350. The van der Waals surface area contributed by atoms with E-state index in [1.807, 2.05) is 37.3 Å². The Morgan fingerprint density at radius 2 is 2.09 bits per heavy atom. The number of hydrogen-bond acceptors (Lipinski definition) is 4. The lowest BCUT2D eigenvalue weighted by Gasteiger charge is -2.38. The van der Waals surface area contributed by atoms with E-state index < -0.39 is 5.54 Å². The number of nitrogens with two attached hydrogens (primary N) is 1. The molecule has 1 saturated carbocycles. The first kappa shape index (κ1) is 22.2. The van der Waals surface area contributed by atoms with Crippen molar-refractivity contribution in [1.82, 2.24) is 20.5 Å². The van der Waals surface area contributed by atoms with Crippen LogP contribution in [-0.4, -0.2) is 32.7 Å². The highest BCUT2D eigenvalue weighted by molar-refractivity contribution is 6.01. The SMILES string of the molecule is Cc1cc(-c2n[nH]c3ccc(C(=O)N[C@@H]4CCC[C@@](N)(Cc5ccccc5F)C4)cc23)ccn1. The number of rotatable bonds is 5. The van der Waals surface area contributed by atoms with Gasteiger partial charge in [0.15, 0.2) is 0 Å². The Morgan fingerprint density at radius 1 is 1.24 bits per heavy atom. The van der Waals surface area contributed by atoms with Gasteiger partial charge in [-0.1, -0.05) is 18.2 Å². The maximum atomic E-state index is 14.2. The van der Waals surface area contributed by atoms with Crippen molar-refractivity contribution in [2.75, 3.05) is 0 Å². The van der Waals surface area contributed by atoms with E-state index >= 15 is 0 Å². The van der Waals surface area contributed by atoms with Crippen LogP contribution in [0.15, 0.2) is 60.8 Å². The molecule has 0 saturated heterocycles. The van der Waals surface area contributed by atoms with Crippen LogP contribution in [0.25, 0.3) is 22.2 Å². The average Bonchev–Trinajstić information content (AvgIpc) is 3.24. The first-order valence-electron chi connectivity index (χ1n) is 11.6. The van der Waals surface area contributed by atoms with Gasteiger partial charge in [0.1, 0.15) is 11.5 Å². The van der Waals surface area contributed by atoms with Crippen LogP contribution < -0.4 is 11.1 Å². The highest BCUT2D eigenvalue weighted by Gasteiger charge is 2.34. The van der Waals surface area contributed by atoms with Crippen LogP contribution in [0.5, 0.6) is 0 Å². The number of carbonyl (C=O) groups is 1. The molecule has 5 rings (SSSR count). The number of aromatic nitrogens is 3. The smallest absolute Gasteiger partial charge is 0.251 e. The van der Waals surface area contributed by atoms with Gasteiger partial charge in [0.05, 0.1) is 5.52 Å². The first-order chi connectivity index (χ1) is 16.4. The number of amides is 1. The third-order valence-corrected chi connectivity index (χ3v) is 6.71. The van der Waals surface area contributed by atoms with Gasteiger partial charge in [-0.25, -0.2) is 4.39 Å². The molecule has 0 spiro atoms. The minimum absolute atomic E-state index is 0.0552. The van der Waals surface area contributed by atoms with Crippen LogP contribution in [0.1, 0.15) is 47.3 Å². The summed E-state index contributed by atoms with van der Waals surface area (Å²) in [6, 6.07) is 16.1. The van der Waals surface area contributed by atoms with Crippen LogP contribution in [-0.2, 0) is 6.42 Å². The molecule has 7 heteroatoms. The lowest BCUT2D eigenvalue weighted by Crippen LogP contribution is -2.52. The molecule has 0 radical (unpaired) electrons. The van der Waals surface area contributed by atoms with Crippen molar-refractivity contribution < 1.29 is 9.18 Å². The molecule has 0 unspecified atom stereocenters. The molecule has 1 aliphatic carbocycles. The summed E-state index contributed by atoms with van der Waals surface area (Å²) in [5.74, 6) is -0.368. The normalized spacial score (nSPS) is 20.4. The number of aromatic amines is 1. The highest BCUT2D eigenvalue weighted by atomic mass is 19.1. The van der Waals surface area contributed by atoms with E-state index in [-0.39, 0.29) is 17.8 Å². The number of aryl methyl sites for hydroxylation is 1. The van der Waals surface area contributed by atoms with Gasteiger partial charge in [-0.05, 0) is 81.0 Å². The molecule has 0 aliphatic heterocycles. The molecule has 2 aromatic heterocycles. The molecule has 1 aliphatic rings. The Balaban J connectivity index is 1.33. The lowest BCUT2D eigenvalue weighted by molar-refractivity contribution is 0.0914. The van der Waals surface area contributed by atoms with E-state index in [1.165, 1.54) is 6.07 Å². The van der Waals surface area contributed by atoms with Gasteiger partial charge >= 0.3 is 0 Å². The Kier molecular flexibility index (Phi) is 5.87. The molecular weight excluding hydrogens is 429 g/mol. The van der Waals surface area contributed by atoms with E-state index in [0.29, 0.717) is 24.0 Å². The molecule has 1 fully saturated rings. The monoisotopic (exact) mass is 457 g/mol. The van der Waals surface area contributed by atoms with E-state index in [4.69, 9.17) is 5.73 Å².